The van der Waals surface area contributed by atoms with Crippen LogP contribution in [0.4, 0.5) is 13.2 Å². The minimum atomic E-state index is -4.83. The third kappa shape index (κ3) is 4.90. The van der Waals surface area contributed by atoms with Crippen LogP contribution in [0.25, 0.3) is 6.08 Å². The number of carboxylic acid groups (broad SMARTS) is 1. The Balaban J connectivity index is 3.08. The average Bonchev–Trinajstić information content (AvgIpc) is 2.13. The van der Waals surface area contributed by atoms with Gasteiger partial charge in [-0.1, -0.05) is 22.0 Å². The van der Waals surface area contributed by atoms with Crippen molar-refractivity contribution in [3.8, 4) is 5.75 Å². The molecule has 3 nitrogen and oxygen atoms in total. The van der Waals surface area contributed by atoms with Crippen LogP contribution >= 0.6 is 15.9 Å². The summed E-state index contributed by atoms with van der Waals surface area (Å²) in [5.74, 6) is -1.73. The fourth-order valence-corrected chi connectivity index (χ4v) is 1.36. The van der Waals surface area contributed by atoms with Crippen LogP contribution in [0.5, 0.6) is 5.75 Å². The van der Waals surface area contributed by atoms with E-state index in [9.17, 15) is 18.0 Å². The van der Waals surface area contributed by atoms with E-state index in [2.05, 4.69) is 20.7 Å². The lowest BCUT2D eigenvalue weighted by atomic mass is 10.2. The van der Waals surface area contributed by atoms with Crippen molar-refractivity contribution in [3.05, 3.63) is 34.3 Å². The molecule has 0 amide bonds. The zero-order valence-electron chi connectivity index (χ0n) is 8.16. The first-order valence-electron chi connectivity index (χ1n) is 4.24. The number of halogens is 4. The second kappa shape index (κ2) is 5.22. The Labute approximate surface area is 103 Å². The smallest absolute Gasteiger partial charge is 0.478 e. The second-order valence-corrected chi connectivity index (χ2v) is 3.82. The van der Waals surface area contributed by atoms with E-state index in [1.165, 1.54) is 12.1 Å². The molecule has 1 aromatic carbocycles. The minimum Gasteiger partial charge on any atom is -0.478 e. The lowest BCUT2D eigenvalue weighted by molar-refractivity contribution is -0.274. The first-order valence-corrected chi connectivity index (χ1v) is 5.03. The van der Waals surface area contributed by atoms with Crippen LogP contribution in [0, 0.1) is 0 Å². The number of ether oxygens (including phenoxy) is 1. The summed E-state index contributed by atoms with van der Waals surface area (Å²) in [6, 6.07) is 3.89. The third-order valence-corrected chi connectivity index (χ3v) is 2.10. The maximum absolute atomic E-state index is 12.1. The molecule has 0 fully saturated rings. The standard InChI is InChI=1S/C10H6BrF3O3/c11-7-3-1-6(2-4-9(15)16)8(5-7)17-10(12,13)14/h1-5H,(H,15,16)/b4-2+. The van der Waals surface area contributed by atoms with E-state index < -0.39 is 18.1 Å². The minimum absolute atomic E-state index is 0.0212. The van der Waals surface area contributed by atoms with Gasteiger partial charge in [0.2, 0.25) is 0 Å². The highest BCUT2D eigenvalue weighted by molar-refractivity contribution is 9.10. The first kappa shape index (κ1) is 13.6. The molecule has 0 atom stereocenters. The Kier molecular flexibility index (Phi) is 4.17. The van der Waals surface area contributed by atoms with Crippen molar-refractivity contribution in [1.29, 1.82) is 0 Å². The highest BCUT2D eigenvalue weighted by atomic mass is 79.9. The summed E-state index contributed by atoms with van der Waals surface area (Å²) < 4.78 is 40.4. The largest absolute Gasteiger partial charge is 0.573 e. The Hall–Kier alpha value is -1.50. The fraction of sp³-hybridized carbons (Fsp3) is 0.100. The quantitative estimate of drug-likeness (QED) is 0.870. The summed E-state index contributed by atoms with van der Waals surface area (Å²) in [5.41, 5.74) is 0.0212. The van der Waals surface area contributed by atoms with Crippen molar-refractivity contribution in [3.63, 3.8) is 0 Å². The predicted molar refractivity (Wildman–Crippen MR) is 57.5 cm³/mol. The Morgan fingerprint density at radius 3 is 2.59 bits per heavy atom. The number of carbonyl (C=O) groups is 1. The van der Waals surface area contributed by atoms with E-state index in [-0.39, 0.29) is 5.56 Å². The van der Waals surface area contributed by atoms with Gasteiger partial charge in [0.1, 0.15) is 5.75 Å². The van der Waals surface area contributed by atoms with Gasteiger partial charge in [0.15, 0.2) is 0 Å². The molecule has 0 saturated carbocycles. The molecule has 0 aromatic heterocycles. The Bertz CT molecular complexity index is 455. The van der Waals surface area contributed by atoms with E-state index in [4.69, 9.17) is 5.11 Å². The Morgan fingerprint density at radius 1 is 1.41 bits per heavy atom. The van der Waals surface area contributed by atoms with E-state index in [1.54, 1.807) is 0 Å². The van der Waals surface area contributed by atoms with Gasteiger partial charge in [0, 0.05) is 16.1 Å². The predicted octanol–water partition coefficient (Wildman–Crippen LogP) is 3.45. The van der Waals surface area contributed by atoms with Crippen LogP contribution < -0.4 is 4.74 Å². The molecule has 0 saturated heterocycles. The molecule has 0 heterocycles. The number of aliphatic carboxylic acids is 1. The lowest BCUT2D eigenvalue weighted by Crippen LogP contribution is -2.17. The molecule has 7 heteroatoms. The summed E-state index contributed by atoms with van der Waals surface area (Å²) >= 11 is 3.00. The highest BCUT2D eigenvalue weighted by Gasteiger charge is 2.31. The number of alkyl halides is 3. The van der Waals surface area contributed by atoms with Crippen molar-refractivity contribution in [2.24, 2.45) is 0 Å². The van der Waals surface area contributed by atoms with Gasteiger partial charge in [-0.15, -0.1) is 13.2 Å². The fourth-order valence-electron chi connectivity index (χ4n) is 1.02. The molecule has 1 rings (SSSR count). The van der Waals surface area contributed by atoms with Gasteiger partial charge >= 0.3 is 12.3 Å². The maximum Gasteiger partial charge on any atom is 0.573 e. The van der Waals surface area contributed by atoms with E-state index in [0.29, 0.717) is 4.47 Å². The number of rotatable bonds is 3. The van der Waals surface area contributed by atoms with Crippen LogP contribution in [-0.4, -0.2) is 17.4 Å². The maximum atomic E-state index is 12.1. The molecular weight excluding hydrogens is 305 g/mol. The van der Waals surface area contributed by atoms with Crippen molar-refractivity contribution >= 4 is 28.0 Å². The SMILES string of the molecule is O=C(O)/C=C/c1ccc(Br)cc1OC(F)(F)F. The molecule has 0 aliphatic carbocycles. The van der Waals surface area contributed by atoms with Crippen LogP contribution in [0.15, 0.2) is 28.7 Å². The molecule has 0 spiro atoms. The van der Waals surface area contributed by atoms with Gasteiger partial charge in [-0.3, -0.25) is 0 Å². The zero-order valence-corrected chi connectivity index (χ0v) is 9.75. The summed E-state index contributed by atoms with van der Waals surface area (Å²) in [7, 11) is 0. The van der Waals surface area contributed by atoms with E-state index in [0.717, 1.165) is 18.2 Å². The monoisotopic (exact) mass is 310 g/mol. The van der Waals surface area contributed by atoms with E-state index in [1.807, 2.05) is 0 Å². The molecule has 0 aliphatic heterocycles. The van der Waals surface area contributed by atoms with Gasteiger partial charge < -0.3 is 9.84 Å². The summed E-state index contributed by atoms with van der Waals surface area (Å²) in [4.78, 5) is 10.3. The third-order valence-electron chi connectivity index (χ3n) is 1.61. The van der Waals surface area contributed by atoms with Crippen molar-refractivity contribution in [2.75, 3.05) is 0 Å². The molecule has 92 valence electrons. The number of hydrogen-bond acceptors (Lipinski definition) is 2. The number of carboxylic acids is 1. The van der Waals surface area contributed by atoms with Gasteiger partial charge in [-0.25, -0.2) is 4.79 Å². The van der Waals surface area contributed by atoms with Crippen LogP contribution in [-0.2, 0) is 4.79 Å². The molecule has 1 N–H and O–H groups in total. The van der Waals surface area contributed by atoms with Crippen LogP contribution in [0.2, 0.25) is 0 Å². The zero-order chi connectivity index (χ0) is 13.1. The van der Waals surface area contributed by atoms with Gasteiger partial charge in [0.25, 0.3) is 0 Å². The molecule has 0 bridgehead atoms. The normalized spacial score (nSPS) is 11.8. The van der Waals surface area contributed by atoms with Crippen molar-refractivity contribution in [1.82, 2.24) is 0 Å². The van der Waals surface area contributed by atoms with Crippen LogP contribution in [0.1, 0.15) is 5.56 Å². The molecule has 17 heavy (non-hydrogen) atoms. The highest BCUT2D eigenvalue weighted by Crippen LogP contribution is 2.30. The molecule has 1 aromatic rings. The van der Waals surface area contributed by atoms with Crippen LogP contribution in [0.3, 0.4) is 0 Å². The molecule has 0 unspecified atom stereocenters. The number of hydrogen-bond donors (Lipinski definition) is 1. The summed E-state index contributed by atoms with van der Waals surface area (Å²) in [5, 5.41) is 8.39. The van der Waals surface area contributed by atoms with Crippen molar-refractivity contribution in [2.45, 2.75) is 6.36 Å². The summed E-state index contributed by atoms with van der Waals surface area (Å²) in [6.07, 6.45) is -3.07. The average molecular weight is 311 g/mol. The molecule has 0 radical (unpaired) electrons. The second-order valence-electron chi connectivity index (χ2n) is 2.90. The first-order chi connectivity index (χ1) is 7.78. The van der Waals surface area contributed by atoms with Gasteiger partial charge in [-0.2, -0.15) is 0 Å². The Morgan fingerprint density at radius 2 is 2.06 bits per heavy atom. The molecular formula is C10H6BrF3O3. The van der Waals surface area contributed by atoms with Crippen molar-refractivity contribution < 1.29 is 27.8 Å². The van der Waals surface area contributed by atoms with Gasteiger partial charge in [0.05, 0.1) is 0 Å². The topological polar surface area (TPSA) is 46.5 Å². The van der Waals surface area contributed by atoms with E-state index >= 15 is 0 Å². The molecule has 0 aliphatic rings. The van der Waals surface area contributed by atoms with Gasteiger partial charge in [-0.05, 0) is 18.2 Å². The summed E-state index contributed by atoms with van der Waals surface area (Å²) in [6.45, 7) is 0. The lowest BCUT2D eigenvalue weighted by Gasteiger charge is -2.11. The number of benzene rings is 1.